The molecule has 1 unspecified atom stereocenters. The molecule has 12 heteroatoms. The minimum atomic E-state index is -0.687. The van der Waals surface area contributed by atoms with Crippen molar-refractivity contribution in [1.82, 2.24) is 29.8 Å². The Morgan fingerprint density at radius 2 is 1.80 bits per heavy atom. The molecule has 5 aromatic rings. The van der Waals surface area contributed by atoms with Crippen LogP contribution in [0.2, 0.25) is 0 Å². The summed E-state index contributed by atoms with van der Waals surface area (Å²) in [5, 5.41) is 10.8. The lowest BCUT2D eigenvalue weighted by atomic mass is 9.87. The molecule has 230 valence electrons. The van der Waals surface area contributed by atoms with E-state index >= 15 is 0 Å². The molecule has 0 radical (unpaired) electrons. The van der Waals surface area contributed by atoms with Crippen LogP contribution in [-0.4, -0.2) is 49.1 Å². The van der Waals surface area contributed by atoms with E-state index in [1.807, 2.05) is 24.3 Å². The minimum Gasteiger partial charge on any atom is -0.381 e. The highest BCUT2D eigenvalue weighted by atomic mass is 16.2. The second-order valence-electron chi connectivity index (χ2n) is 11.0. The van der Waals surface area contributed by atoms with Crippen molar-refractivity contribution in [2.45, 2.75) is 32.2 Å². The Balaban J connectivity index is 1.33. The summed E-state index contributed by atoms with van der Waals surface area (Å²) >= 11 is 0. The number of ketones is 2. The first-order chi connectivity index (χ1) is 22.2. The van der Waals surface area contributed by atoms with Gasteiger partial charge in [-0.05, 0) is 42.6 Å². The summed E-state index contributed by atoms with van der Waals surface area (Å²) in [5.41, 5.74) is 7.74. The number of nitrogens with two attached hydrogens (primary N) is 1. The average Bonchev–Trinajstić information content (AvgIpc) is 3.38. The van der Waals surface area contributed by atoms with Gasteiger partial charge in [0.1, 0.15) is 17.1 Å². The monoisotopic (exact) mass is 615 g/mol. The molecule has 1 fully saturated rings. The minimum absolute atomic E-state index is 0.0241. The van der Waals surface area contributed by atoms with E-state index in [0.717, 1.165) is 0 Å². The number of fused-ring (bicyclic) bond motifs is 2. The quantitative estimate of drug-likeness (QED) is 0.193. The lowest BCUT2D eigenvalue weighted by Crippen LogP contribution is -2.36. The maximum absolute atomic E-state index is 14.2. The van der Waals surface area contributed by atoms with E-state index in [2.05, 4.69) is 32.6 Å². The smallest absolute Gasteiger partial charge is 0.264 e. The number of rotatable bonds is 6. The number of Topliss-reactive ketones (excluding diaryl/α,β-unsaturated/α-hetero) is 2. The highest BCUT2D eigenvalue weighted by Crippen LogP contribution is 2.25. The predicted molar refractivity (Wildman–Crippen MR) is 170 cm³/mol. The number of nitrogens with one attached hydrogen (secondary N) is 2. The zero-order chi connectivity index (χ0) is 32.4. The van der Waals surface area contributed by atoms with Gasteiger partial charge >= 0.3 is 0 Å². The maximum Gasteiger partial charge on any atom is 0.264 e. The Bertz CT molecular complexity index is 2140. The van der Waals surface area contributed by atoms with Gasteiger partial charge in [0.05, 0.1) is 30.3 Å². The van der Waals surface area contributed by atoms with Gasteiger partial charge in [0.25, 0.3) is 11.5 Å². The second kappa shape index (κ2) is 12.5. The molecule has 1 saturated carbocycles. The molecule has 2 amide bonds. The van der Waals surface area contributed by atoms with Gasteiger partial charge in [0.2, 0.25) is 5.91 Å². The normalized spacial score (nSPS) is 14.1. The van der Waals surface area contributed by atoms with Crippen LogP contribution in [0.15, 0.2) is 77.9 Å². The maximum atomic E-state index is 14.2. The zero-order valence-electron chi connectivity index (χ0n) is 24.8. The van der Waals surface area contributed by atoms with E-state index in [4.69, 9.17) is 5.73 Å². The number of hydrogen-bond acceptors (Lipinski definition) is 8. The fourth-order valence-corrected chi connectivity index (χ4v) is 5.70. The summed E-state index contributed by atoms with van der Waals surface area (Å²) in [7, 11) is 0. The molecule has 0 bridgehead atoms. The summed E-state index contributed by atoms with van der Waals surface area (Å²) in [6.07, 6.45) is 3.15. The lowest BCUT2D eigenvalue weighted by Gasteiger charge is -2.21. The molecule has 1 aliphatic carbocycles. The molecule has 3 aromatic heterocycles. The number of nitrogens with zero attached hydrogens (tertiary/aromatic N) is 4. The molecular formula is C34H29N7O5. The van der Waals surface area contributed by atoms with E-state index in [1.165, 1.54) is 9.08 Å². The number of nitrogen functional groups attached to an aromatic ring is 1. The SMILES string of the molecule is CC(NC(=O)c1c(N)nn2cccnc12)c1cc2cccc(C#CCNC(=O)C3CC(=O)CC(=O)C3)c2c(=O)n1-c1ccccc1. The van der Waals surface area contributed by atoms with Crippen LogP contribution in [0.3, 0.4) is 0 Å². The molecule has 1 atom stereocenters. The molecular weight excluding hydrogens is 586 g/mol. The molecule has 2 aromatic carbocycles. The van der Waals surface area contributed by atoms with Crippen molar-refractivity contribution in [2.75, 3.05) is 12.3 Å². The van der Waals surface area contributed by atoms with Crippen LogP contribution >= 0.6 is 0 Å². The van der Waals surface area contributed by atoms with Gasteiger partial charge in [0, 0.05) is 42.2 Å². The summed E-state index contributed by atoms with van der Waals surface area (Å²) in [6.45, 7) is 1.75. The van der Waals surface area contributed by atoms with Crippen LogP contribution in [0.5, 0.6) is 0 Å². The van der Waals surface area contributed by atoms with Gasteiger partial charge in [-0.15, -0.1) is 5.10 Å². The molecule has 1 aliphatic rings. The summed E-state index contributed by atoms with van der Waals surface area (Å²) in [6, 6.07) is 17.2. The molecule has 46 heavy (non-hydrogen) atoms. The van der Waals surface area contributed by atoms with Gasteiger partial charge in [-0.1, -0.05) is 42.2 Å². The van der Waals surface area contributed by atoms with Crippen molar-refractivity contribution < 1.29 is 19.2 Å². The van der Waals surface area contributed by atoms with E-state index in [9.17, 15) is 24.0 Å². The summed E-state index contributed by atoms with van der Waals surface area (Å²) < 4.78 is 2.96. The van der Waals surface area contributed by atoms with Crippen LogP contribution in [0.25, 0.3) is 22.1 Å². The standard InChI is InChI=1S/C34H29N7O5/c1-20(38-33(45)29-30(35)39-40-15-7-14-36-31(29)40)27-18-22-9-5-8-21(28(22)34(46)41(27)24-11-3-2-4-12-24)10-6-13-37-32(44)23-16-25(42)19-26(43)17-23/h2-5,7-9,11-12,14-15,18,20,23H,13,16-17,19H2,1H3,(H2,35,39)(H,37,44)(H,38,45). The molecule has 0 spiro atoms. The van der Waals surface area contributed by atoms with Crippen molar-refractivity contribution in [3.05, 3.63) is 100 Å². The highest BCUT2D eigenvalue weighted by molar-refractivity contribution is 6.05. The number of pyridine rings is 1. The molecule has 0 aliphatic heterocycles. The number of hydrogen-bond donors (Lipinski definition) is 3. The largest absolute Gasteiger partial charge is 0.381 e. The topological polar surface area (TPSA) is 171 Å². The van der Waals surface area contributed by atoms with Crippen LogP contribution in [0.1, 0.15) is 53.8 Å². The molecule has 0 saturated heterocycles. The van der Waals surface area contributed by atoms with Crippen molar-refractivity contribution in [2.24, 2.45) is 5.92 Å². The first-order valence-corrected chi connectivity index (χ1v) is 14.6. The number of carbonyl (C=O) groups is 4. The van der Waals surface area contributed by atoms with Gasteiger partial charge < -0.3 is 16.4 Å². The van der Waals surface area contributed by atoms with Crippen LogP contribution in [0, 0.1) is 17.8 Å². The third-order valence-corrected chi connectivity index (χ3v) is 7.82. The lowest BCUT2D eigenvalue weighted by molar-refractivity contribution is -0.137. The molecule has 3 heterocycles. The van der Waals surface area contributed by atoms with Crippen molar-refractivity contribution >= 4 is 45.6 Å². The van der Waals surface area contributed by atoms with Gasteiger partial charge in [-0.25, -0.2) is 9.50 Å². The summed E-state index contributed by atoms with van der Waals surface area (Å²) in [5.74, 6) is 3.86. The fourth-order valence-electron chi connectivity index (χ4n) is 5.70. The number of amides is 2. The van der Waals surface area contributed by atoms with Crippen LogP contribution in [-0.2, 0) is 14.4 Å². The number of para-hydroxylation sites is 1. The number of aromatic nitrogens is 4. The van der Waals surface area contributed by atoms with Crippen molar-refractivity contribution in [3.63, 3.8) is 0 Å². The third-order valence-electron chi connectivity index (χ3n) is 7.82. The van der Waals surface area contributed by atoms with Crippen LogP contribution in [0.4, 0.5) is 5.82 Å². The number of anilines is 1. The zero-order valence-corrected chi connectivity index (χ0v) is 24.8. The summed E-state index contributed by atoms with van der Waals surface area (Å²) in [4.78, 5) is 67.9. The van der Waals surface area contributed by atoms with E-state index in [0.29, 0.717) is 33.4 Å². The van der Waals surface area contributed by atoms with Gasteiger partial charge in [0.15, 0.2) is 11.5 Å². The Morgan fingerprint density at radius 3 is 2.57 bits per heavy atom. The highest BCUT2D eigenvalue weighted by Gasteiger charge is 2.30. The Labute approximate surface area is 262 Å². The Kier molecular flexibility index (Phi) is 8.13. The molecule has 6 rings (SSSR count). The van der Waals surface area contributed by atoms with Crippen LogP contribution < -0.4 is 21.9 Å². The first-order valence-electron chi connectivity index (χ1n) is 14.6. The van der Waals surface area contributed by atoms with Crippen molar-refractivity contribution in [3.8, 4) is 17.5 Å². The van der Waals surface area contributed by atoms with E-state index in [1.54, 1.807) is 55.7 Å². The molecule has 4 N–H and O–H groups in total. The Morgan fingerprint density at radius 1 is 1.04 bits per heavy atom. The number of benzene rings is 2. The Hall–Kier alpha value is -6.09. The predicted octanol–water partition coefficient (Wildman–Crippen LogP) is 2.51. The fraction of sp³-hybridized carbons (Fsp3) is 0.206. The number of carbonyl (C=O) groups excluding carboxylic acids is 4. The van der Waals surface area contributed by atoms with Crippen molar-refractivity contribution in [1.29, 1.82) is 0 Å². The first kappa shape index (κ1) is 30.0. The second-order valence-corrected chi connectivity index (χ2v) is 11.0. The van der Waals surface area contributed by atoms with Gasteiger partial charge in [-0.2, -0.15) is 0 Å². The third kappa shape index (κ3) is 5.86. The average molecular weight is 616 g/mol. The van der Waals surface area contributed by atoms with E-state index in [-0.39, 0.29) is 54.3 Å². The van der Waals surface area contributed by atoms with Gasteiger partial charge in [-0.3, -0.25) is 28.5 Å². The van der Waals surface area contributed by atoms with E-state index < -0.39 is 23.8 Å². The molecule has 12 nitrogen and oxygen atoms in total.